The second-order valence-electron chi connectivity index (χ2n) is 9.71. The number of aryl methyl sites for hydroxylation is 1. The molecular formula is C31H40N2O. The van der Waals surface area contributed by atoms with Crippen molar-refractivity contribution >= 4 is 11.5 Å². The van der Waals surface area contributed by atoms with E-state index in [2.05, 4.69) is 86.5 Å². The normalized spacial score (nSPS) is 12.6. The second kappa shape index (κ2) is 12.5. The first-order chi connectivity index (χ1) is 16.4. The molecule has 1 atom stereocenters. The number of benzene rings is 3. The van der Waals surface area contributed by atoms with Gasteiger partial charge in [0, 0.05) is 37.0 Å². The van der Waals surface area contributed by atoms with E-state index in [0.717, 1.165) is 38.0 Å². The molecule has 34 heavy (non-hydrogen) atoms. The van der Waals surface area contributed by atoms with Crippen molar-refractivity contribution in [1.29, 1.82) is 0 Å². The maximum Gasteiger partial charge on any atom is 0.134 e. The van der Waals surface area contributed by atoms with Gasteiger partial charge in [-0.3, -0.25) is 4.79 Å². The van der Waals surface area contributed by atoms with Gasteiger partial charge in [0.2, 0.25) is 0 Å². The van der Waals surface area contributed by atoms with Crippen molar-refractivity contribution in [1.82, 2.24) is 4.90 Å². The number of carbonyl (C=O) groups excluding carboxylic acids is 1. The van der Waals surface area contributed by atoms with Gasteiger partial charge < -0.3 is 10.6 Å². The average Bonchev–Trinajstić information content (AvgIpc) is 2.87. The fraction of sp³-hybridized carbons (Fsp3) is 0.387. The Morgan fingerprint density at radius 3 is 1.97 bits per heavy atom. The van der Waals surface area contributed by atoms with Gasteiger partial charge in [-0.05, 0) is 54.6 Å². The Bertz CT molecular complexity index is 959. The average molecular weight is 457 g/mol. The quantitative estimate of drug-likeness (QED) is 0.298. The molecule has 0 heterocycles. The molecule has 0 saturated carbocycles. The summed E-state index contributed by atoms with van der Waals surface area (Å²) in [5.74, 6) is 0.766. The van der Waals surface area contributed by atoms with Gasteiger partial charge in [0.15, 0.2) is 0 Å². The largest absolute Gasteiger partial charge is 0.399 e. The van der Waals surface area contributed by atoms with E-state index in [-0.39, 0.29) is 5.41 Å². The third-order valence-corrected chi connectivity index (χ3v) is 7.18. The van der Waals surface area contributed by atoms with Crippen LogP contribution < -0.4 is 5.73 Å². The summed E-state index contributed by atoms with van der Waals surface area (Å²) in [4.78, 5) is 14.9. The van der Waals surface area contributed by atoms with Crippen LogP contribution in [0, 0.1) is 5.92 Å². The van der Waals surface area contributed by atoms with Crippen LogP contribution in [0.4, 0.5) is 5.69 Å². The molecule has 0 radical (unpaired) electrons. The number of anilines is 1. The topological polar surface area (TPSA) is 46.3 Å². The minimum Gasteiger partial charge on any atom is -0.399 e. The molecule has 0 aliphatic rings. The molecule has 3 aromatic rings. The van der Waals surface area contributed by atoms with Gasteiger partial charge in [0.05, 0.1) is 0 Å². The lowest BCUT2D eigenvalue weighted by Crippen LogP contribution is -2.41. The van der Waals surface area contributed by atoms with E-state index in [1.54, 1.807) is 0 Å². The summed E-state index contributed by atoms with van der Waals surface area (Å²) in [6.07, 6.45) is 4.23. The summed E-state index contributed by atoms with van der Waals surface area (Å²) in [5.41, 5.74) is 10.3. The molecule has 0 aromatic heterocycles. The Morgan fingerprint density at radius 2 is 1.44 bits per heavy atom. The zero-order chi connectivity index (χ0) is 24.4. The predicted octanol–water partition coefficient (Wildman–Crippen LogP) is 6.51. The first-order valence-electron chi connectivity index (χ1n) is 12.6. The van der Waals surface area contributed by atoms with Crippen molar-refractivity contribution in [3.63, 3.8) is 0 Å². The number of hydrogen-bond donors (Lipinski definition) is 1. The molecule has 3 aromatic carbocycles. The maximum atomic E-state index is 12.6. The van der Waals surface area contributed by atoms with Crippen molar-refractivity contribution in [2.45, 2.75) is 51.4 Å². The molecule has 1 unspecified atom stereocenters. The zero-order valence-electron chi connectivity index (χ0n) is 21.0. The van der Waals surface area contributed by atoms with Crippen LogP contribution >= 0.6 is 0 Å². The van der Waals surface area contributed by atoms with Gasteiger partial charge >= 0.3 is 0 Å². The van der Waals surface area contributed by atoms with Gasteiger partial charge in [-0.2, -0.15) is 0 Å². The molecule has 0 aliphatic heterocycles. The van der Waals surface area contributed by atoms with E-state index in [1.807, 2.05) is 24.3 Å². The number of nitrogen functional groups attached to an aromatic ring is 1. The lowest BCUT2D eigenvalue weighted by atomic mass is 9.65. The summed E-state index contributed by atoms with van der Waals surface area (Å²) >= 11 is 0. The number of hydrogen-bond acceptors (Lipinski definition) is 3. The lowest BCUT2D eigenvalue weighted by molar-refractivity contribution is -0.119. The molecule has 0 aliphatic carbocycles. The molecule has 0 saturated heterocycles. The van der Waals surface area contributed by atoms with E-state index in [4.69, 9.17) is 5.73 Å². The lowest BCUT2D eigenvalue weighted by Gasteiger charge is -2.41. The van der Waals surface area contributed by atoms with Crippen LogP contribution in [-0.4, -0.2) is 30.8 Å². The zero-order valence-corrected chi connectivity index (χ0v) is 21.0. The molecule has 0 bridgehead atoms. The van der Waals surface area contributed by atoms with Crippen LogP contribution in [-0.2, 0) is 16.6 Å². The smallest absolute Gasteiger partial charge is 0.134 e. The number of nitrogens with two attached hydrogens (primary N) is 1. The Hall–Kier alpha value is -2.91. The van der Waals surface area contributed by atoms with Crippen molar-refractivity contribution in [2.24, 2.45) is 5.92 Å². The van der Waals surface area contributed by atoms with E-state index < -0.39 is 0 Å². The van der Waals surface area contributed by atoms with Crippen molar-refractivity contribution in [3.8, 4) is 0 Å². The van der Waals surface area contributed by atoms with Gasteiger partial charge in [-0.15, -0.1) is 0 Å². The fourth-order valence-corrected chi connectivity index (χ4v) is 4.99. The van der Waals surface area contributed by atoms with Gasteiger partial charge in [0.25, 0.3) is 0 Å². The van der Waals surface area contributed by atoms with E-state index >= 15 is 0 Å². The first-order valence-corrected chi connectivity index (χ1v) is 12.6. The highest BCUT2D eigenvalue weighted by Gasteiger charge is 2.37. The molecule has 3 nitrogen and oxygen atoms in total. The van der Waals surface area contributed by atoms with Crippen LogP contribution in [0.2, 0.25) is 0 Å². The number of carbonyl (C=O) groups is 1. The molecule has 180 valence electrons. The van der Waals surface area contributed by atoms with Crippen LogP contribution in [0.3, 0.4) is 0 Å². The summed E-state index contributed by atoms with van der Waals surface area (Å²) < 4.78 is 0. The van der Waals surface area contributed by atoms with E-state index in [9.17, 15) is 4.79 Å². The molecule has 0 spiro atoms. The van der Waals surface area contributed by atoms with Crippen LogP contribution in [0.1, 0.15) is 56.2 Å². The summed E-state index contributed by atoms with van der Waals surface area (Å²) in [6.45, 7) is 6.41. The Balaban J connectivity index is 1.66. The van der Waals surface area contributed by atoms with E-state index in [1.165, 1.54) is 16.7 Å². The highest BCUT2D eigenvalue weighted by molar-refractivity contribution is 5.78. The van der Waals surface area contributed by atoms with Gasteiger partial charge in [-0.1, -0.05) is 93.1 Å². The maximum absolute atomic E-state index is 12.6. The van der Waals surface area contributed by atoms with Crippen molar-refractivity contribution < 1.29 is 4.79 Å². The summed E-state index contributed by atoms with van der Waals surface area (Å²) in [6, 6.07) is 29.6. The highest BCUT2D eigenvalue weighted by atomic mass is 16.1. The second-order valence-corrected chi connectivity index (χ2v) is 9.71. The number of Topliss-reactive ketones (excluding diaryl/α,β-unsaturated/α-hetero) is 1. The van der Waals surface area contributed by atoms with Crippen LogP contribution in [0.15, 0.2) is 84.9 Å². The third kappa shape index (κ3) is 6.80. The SMILES string of the molecule is CCCC(CN(C)CCC(=O)CCc1ccc(N)cc1)C(C)(c1ccccc1)c1ccccc1. The molecule has 3 rings (SSSR count). The monoisotopic (exact) mass is 456 g/mol. The number of ketones is 1. The third-order valence-electron chi connectivity index (χ3n) is 7.18. The molecule has 0 amide bonds. The van der Waals surface area contributed by atoms with Crippen LogP contribution in [0.25, 0.3) is 0 Å². The summed E-state index contributed by atoms with van der Waals surface area (Å²) in [5, 5.41) is 0. The molecular weight excluding hydrogens is 416 g/mol. The Morgan fingerprint density at radius 1 is 0.882 bits per heavy atom. The summed E-state index contributed by atoms with van der Waals surface area (Å²) in [7, 11) is 2.16. The number of nitrogens with zero attached hydrogens (tertiary/aromatic N) is 1. The van der Waals surface area contributed by atoms with Gasteiger partial charge in [0.1, 0.15) is 5.78 Å². The highest BCUT2D eigenvalue weighted by Crippen LogP contribution is 2.41. The predicted molar refractivity (Wildman–Crippen MR) is 144 cm³/mol. The standard InChI is InChI=1S/C31H40N2O/c1-4-11-28(31(2,26-12-7-5-8-13-26)27-14-9-6-10-15-27)24-33(3)23-22-30(34)21-18-25-16-19-29(32)20-17-25/h5-10,12-17,19-20,28H,4,11,18,21-24,32H2,1-3H3. The molecule has 0 fully saturated rings. The molecule has 3 heteroatoms. The Labute approximate surface area is 206 Å². The number of rotatable bonds is 13. The molecule has 2 N–H and O–H groups in total. The van der Waals surface area contributed by atoms with E-state index in [0.29, 0.717) is 24.5 Å². The minimum absolute atomic E-state index is 0.0913. The van der Waals surface area contributed by atoms with Crippen molar-refractivity contribution in [3.05, 3.63) is 102 Å². The van der Waals surface area contributed by atoms with Gasteiger partial charge in [-0.25, -0.2) is 0 Å². The minimum atomic E-state index is -0.0913. The Kier molecular flexibility index (Phi) is 9.47. The van der Waals surface area contributed by atoms with Crippen molar-refractivity contribution in [2.75, 3.05) is 25.9 Å². The first kappa shape index (κ1) is 25.7. The van der Waals surface area contributed by atoms with Crippen LogP contribution in [0.5, 0.6) is 0 Å². The fourth-order valence-electron chi connectivity index (χ4n) is 4.99.